The highest BCUT2D eigenvalue weighted by atomic mass is 16.6. The Balaban J connectivity index is 2.06. The van der Waals surface area contributed by atoms with Gasteiger partial charge in [0.05, 0.1) is 7.11 Å². The van der Waals surface area contributed by atoms with Gasteiger partial charge in [-0.05, 0) is 31.0 Å². The average Bonchev–Trinajstić information content (AvgIpc) is 2.60. The SMILES string of the molecule is CCC(C)(Oc1cccc(OCc2ccccc2)c1)C(=O)OC. The van der Waals surface area contributed by atoms with Crippen LogP contribution >= 0.6 is 0 Å². The first-order chi connectivity index (χ1) is 11.1. The molecule has 4 heteroatoms. The maximum atomic E-state index is 11.9. The quantitative estimate of drug-likeness (QED) is 0.725. The van der Waals surface area contributed by atoms with E-state index in [-0.39, 0.29) is 0 Å². The summed E-state index contributed by atoms with van der Waals surface area (Å²) in [6, 6.07) is 17.2. The van der Waals surface area contributed by atoms with E-state index < -0.39 is 11.6 Å². The number of hydrogen-bond acceptors (Lipinski definition) is 4. The zero-order valence-electron chi connectivity index (χ0n) is 13.7. The lowest BCUT2D eigenvalue weighted by Crippen LogP contribution is -2.41. The van der Waals surface area contributed by atoms with Crippen LogP contribution in [0.2, 0.25) is 0 Å². The molecular formula is C19H22O4. The van der Waals surface area contributed by atoms with Crippen molar-refractivity contribution in [2.45, 2.75) is 32.5 Å². The van der Waals surface area contributed by atoms with Gasteiger partial charge in [0, 0.05) is 6.07 Å². The molecular weight excluding hydrogens is 292 g/mol. The lowest BCUT2D eigenvalue weighted by atomic mass is 10.0. The molecule has 122 valence electrons. The fourth-order valence-corrected chi connectivity index (χ4v) is 2.10. The van der Waals surface area contributed by atoms with Crippen molar-refractivity contribution in [3.8, 4) is 11.5 Å². The molecule has 1 atom stereocenters. The van der Waals surface area contributed by atoms with E-state index in [2.05, 4.69) is 0 Å². The molecule has 0 aliphatic carbocycles. The van der Waals surface area contributed by atoms with Gasteiger partial charge in [-0.3, -0.25) is 0 Å². The molecule has 0 N–H and O–H groups in total. The fraction of sp³-hybridized carbons (Fsp3) is 0.316. The van der Waals surface area contributed by atoms with Crippen LogP contribution in [0.15, 0.2) is 54.6 Å². The first-order valence-corrected chi connectivity index (χ1v) is 7.61. The molecule has 0 saturated heterocycles. The maximum Gasteiger partial charge on any atom is 0.349 e. The first-order valence-electron chi connectivity index (χ1n) is 7.61. The smallest absolute Gasteiger partial charge is 0.349 e. The number of methoxy groups -OCH3 is 1. The predicted molar refractivity (Wildman–Crippen MR) is 88.6 cm³/mol. The van der Waals surface area contributed by atoms with Crippen LogP contribution < -0.4 is 9.47 Å². The molecule has 23 heavy (non-hydrogen) atoms. The van der Waals surface area contributed by atoms with E-state index in [1.54, 1.807) is 19.1 Å². The summed E-state index contributed by atoms with van der Waals surface area (Å²) in [7, 11) is 1.36. The predicted octanol–water partition coefficient (Wildman–Crippen LogP) is 3.99. The summed E-state index contributed by atoms with van der Waals surface area (Å²) >= 11 is 0. The van der Waals surface area contributed by atoms with Crippen molar-refractivity contribution in [1.82, 2.24) is 0 Å². The van der Waals surface area contributed by atoms with Crippen LogP contribution in [-0.4, -0.2) is 18.7 Å². The van der Waals surface area contributed by atoms with Crippen LogP contribution in [0, 0.1) is 0 Å². The van der Waals surface area contributed by atoms with Gasteiger partial charge in [-0.15, -0.1) is 0 Å². The van der Waals surface area contributed by atoms with Crippen molar-refractivity contribution in [2.24, 2.45) is 0 Å². The summed E-state index contributed by atoms with van der Waals surface area (Å²) in [4.78, 5) is 11.9. The number of rotatable bonds is 7. The molecule has 0 bridgehead atoms. The molecule has 4 nitrogen and oxygen atoms in total. The standard InChI is InChI=1S/C19H22O4/c1-4-19(2,18(20)21-3)23-17-12-8-11-16(13-17)22-14-15-9-6-5-7-10-15/h5-13H,4,14H2,1-3H3. The van der Waals surface area contributed by atoms with Gasteiger partial charge in [0.25, 0.3) is 0 Å². The van der Waals surface area contributed by atoms with Crippen LogP contribution in [0.3, 0.4) is 0 Å². The molecule has 0 saturated carbocycles. The second kappa shape index (κ2) is 7.68. The van der Waals surface area contributed by atoms with Gasteiger partial charge < -0.3 is 14.2 Å². The van der Waals surface area contributed by atoms with Crippen molar-refractivity contribution < 1.29 is 19.0 Å². The van der Waals surface area contributed by atoms with E-state index >= 15 is 0 Å². The monoisotopic (exact) mass is 314 g/mol. The molecule has 2 rings (SSSR count). The summed E-state index contributed by atoms with van der Waals surface area (Å²) < 4.78 is 16.4. The molecule has 0 spiro atoms. The molecule has 1 unspecified atom stereocenters. The summed E-state index contributed by atoms with van der Waals surface area (Å²) in [5.41, 5.74) is 0.0825. The number of hydrogen-bond donors (Lipinski definition) is 0. The summed E-state index contributed by atoms with van der Waals surface area (Å²) in [6.07, 6.45) is 0.509. The Morgan fingerprint density at radius 3 is 2.39 bits per heavy atom. The lowest BCUT2D eigenvalue weighted by molar-refractivity contribution is -0.157. The second-order valence-electron chi connectivity index (χ2n) is 5.43. The Hall–Kier alpha value is -2.49. The van der Waals surface area contributed by atoms with E-state index in [9.17, 15) is 4.79 Å². The van der Waals surface area contributed by atoms with Crippen molar-refractivity contribution in [3.05, 3.63) is 60.2 Å². The third kappa shape index (κ3) is 4.49. The van der Waals surface area contributed by atoms with Gasteiger partial charge in [-0.2, -0.15) is 0 Å². The zero-order valence-corrected chi connectivity index (χ0v) is 13.7. The molecule has 0 aliphatic heterocycles. The Morgan fingerprint density at radius 1 is 1.04 bits per heavy atom. The highest BCUT2D eigenvalue weighted by Crippen LogP contribution is 2.26. The summed E-state index contributed by atoms with van der Waals surface area (Å²) in [5.74, 6) is 0.871. The first kappa shape index (κ1) is 16.9. The number of ether oxygens (including phenoxy) is 3. The maximum absolute atomic E-state index is 11.9. The third-order valence-corrected chi connectivity index (χ3v) is 3.69. The highest BCUT2D eigenvalue weighted by molar-refractivity contribution is 5.79. The number of benzene rings is 2. The minimum atomic E-state index is -1.01. The molecule has 0 heterocycles. The van der Waals surface area contributed by atoms with E-state index in [0.29, 0.717) is 24.5 Å². The van der Waals surface area contributed by atoms with E-state index in [1.807, 2.05) is 49.4 Å². The minimum absolute atomic E-state index is 0.393. The van der Waals surface area contributed by atoms with Crippen LogP contribution in [0.5, 0.6) is 11.5 Å². The Kier molecular flexibility index (Phi) is 5.63. The number of carbonyl (C=O) groups excluding carboxylic acids is 1. The van der Waals surface area contributed by atoms with E-state index in [1.165, 1.54) is 7.11 Å². The Bertz CT molecular complexity index is 639. The van der Waals surface area contributed by atoms with Crippen LogP contribution in [0.4, 0.5) is 0 Å². The number of carbonyl (C=O) groups is 1. The number of esters is 1. The largest absolute Gasteiger partial charge is 0.489 e. The van der Waals surface area contributed by atoms with Gasteiger partial charge >= 0.3 is 5.97 Å². The molecule has 0 amide bonds. The normalized spacial score (nSPS) is 13.0. The average molecular weight is 314 g/mol. The van der Waals surface area contributed by atoms with Crippen molar-refractivity contribution in [2.75, 3.05) is 7.11 Å². The van der Waals surface area contributed by atoms with Crippen LogP contribution in [0.25, 0.3) is 0 Å². The third-order valence-electron chi connectivity index (χ3n) is 3.69. The van der Waals surface area contributed by atoms with E-state index in [4.69, 9.17) is 14.2 Å². The molecule has 2 aromatic carbocycles. The highest BCUT2D eigenvalue weighted by Gasteiger charge is 2.35. The van der Waals surface area contributed by atoms with Gasteiger partial charge in [0.15, 0.2) is 0 Å². The summed E-state index contributed by atoms with van der Waals surface area (Å²) in [6.45, 7) is 4.08. The van der Waals surface area contributed by atoms with Crippen LogP contribution in [-0.2, 0) is 16.1 Å². The fourth-order valence-electron chi connectivity index (χ4n) is 2.10. The Morgan fingerprint density at radius 2 is 1.74 bits per heavy atom. The summed E-state index contributed by atoms with van der Waals surface area (Å²) in [5, 5.41) is 0. The van der Waals surface area contributed by atoms with Crippen molar-refractivity contribution >= 4 is 5.97 Å². The molecule has 2 aromatic rings. The zero-order chi connectivity index (χ0) is 16.7. The lowest BCUT2D eigenvalue weighted by Gasteiger charge is -2.26. The van der Waals surface area contributed by atoms with Gasteiger partial charge in [0.1, 0.15) is 18.1 Å². The van der Waals surface area contributed by atoms with Gasteiger partial charge in [0.2, 0.25) is 5.60 Å². The van der Waals surface area contributed by atoms with Gasteiger partial charge in [-0.25, -0.2) is 4.79 Å². The van der Waals surface area contributed by atoms with Crippen molar-refractivity contribution in [3.63, 3.8) is 0 Å². The topological polar surface area (TPSA) is 44.8 Å². The molecule has 0 radical (unpaired) electrons. The van der Waals surface area contributed by atoms with Crippen LogP contribution in [0.1, 0.15) is 25.8 Å². The molecule has 0 aliphatic rings. The molecule has 0 aromatic heterocycles. The van der Waals surface area contributed by atoms with E-state index in [0.717, 1.165) is 5.56 Å². The Labute approximate surface area is 137 Å². The second-order valence-corrected chi connectivity index (χ2v) is 5.43. The van der Waals surface area contributed by atoms with Crippen molar-refractivity contribution in [1.29, 1.82) is 0 Å². The minimum Gasteiger partial charge on any atom is -0.489 e. The molecule has 0 fully saturated rings. The van der Waals surface area contributed by atoms with Gasteiger partial charge in [-0.1, -0.05) is 43.3 Å².